The number of nitrogens with zero attached hydrogens (tertiary/aromatic N) is 1. The third-order valence-corrected chi connectivity index (χ3v) is 3.48. The van der Waals surface area contributed by atoms with Crippen LogP contribution in [-0.2, 0) is 0 Å². The minimum atomic E-state index is 0. The first-order valence-electron chi connectivity index (χ1n) is 7.33. The van der Waals surface area contributed by atoms with Gasteiger partial charge < -0.3 is 10.0 Å². The van der Waals surface area contributed by atoms with E-state index in [0.717, 1.165) is 18.5 Å². The summed E-state index contributed by atoms with van der Waals surface area (Å²) in [6.45, 7) is 3.10. The molecule has 2 nitrogen and oxygen atoms in total. The minimum Gasteiger partial charge on any atom is -0.508 e. The molecule has 0 heterocycles. The first-order valence-corrected chi connectivity index (χ1v) is 7.33. The fourth-order valence-corrected chi connectivity index (χ4v) is 2.59. The molecule has 0 radical (unpaired) electrons. The molecule has 0 unspecified atom stereocenters. The molecule has 0 saturated heterocycles. The van der Waals surface area contributed by atoms with Crippen molar-refractivity contribution in [3.8, 4) is 5.75 Å². The van der Waals surface area contributed by atoms with Crippen molar-refractivity contribution in [2.24, 2.45) is 0 Å². The summed E-state index contributed by atoms with van der Waals surface area (Å²) in [5.41, 5.74) is 4.86. The van der Waals surface area contributed by atoms with Crippen molar-refractivity contribution < 1.29 is 5.11 Å². The van der Waals surface area contributed by atoms with E-state index in [1.165, 1.54) is 16.7 Å². The second kappa shape index (κ2) is 8.62. The van der Waals surface area contributed by atoms with Crippen LogP contribution in [0, 0.1) is 0 Å². The fourth-order valence-electron chi connectivity index (χ4n) is 2.59. The van der Waals surface area contributed by atoms with E-state index in [4.69, 9.17) is 0 Å². The van der Waals surface area contributed by atoms with E-state index in [1.54, 1.807) is 6.07 Å². The number of phenols is 1. The van der Waals surface area contributed by atoms with Gasteiger partial charge in [-0.25, -0.2) is 0 Å². The summed E-state index contributed by atoms with van der Waals surface area (Å²) >= 11 is 0. The molecule has 0 aliphatic carbocycles. The first-order chi connectivity index (χ1) is 10.1. The molecule has 0 aliphatic rings. The molecule has 2 rings (SSSR count). The Bertz CT molecular complexity index is 620. The van der Waals surface area contributed by atoms with E-state index in [1.807, 2.05) is 18.2 Å². The number of benzene rings is 2. The van der Waals surface area contributed by atoms with Gasteiger partial charge in [0.2, 0.25) is 0 Å². The Morgan fingerprint density at radius 2 is 1.59 bits per heavy atom. The van der Waals surface area contributed by atoms with Gasteiger partial charge in [-0.15, -0.1) is 12.4 Å². The molecule has 0 saturated carbocycles. The number of phenolic OH excluding ortho intramolecular Hbond substituents is 1. The Balaban J connectivity index is 0.00000242. The van der Waals surface area contributed by atoms with E-state index < -0.39 is 0 Å². The van der Waals surface area contributed by atoms with Gasteiger partial charge in [-0.2, -0.15) is 0 Å². The standard InChI is InChI=1S/C19H23NO.ClH/c1-4-15(14-20(2)3)19(16-9-6-5-7-10-16)17-11-8-12-18(21)13-17;/h5-13,21H,4,14H2,1-3H3;1H/b19-15-;. The third kappa shape index (κ3) is 4.62. The highest BCUT2D eigenvalue weighted by molar-refractivity contribution is 5.85. The normalized spacial score (nSPS) is 11.8. The highest BCUT2D eigenvalue weighted by Crippen LogP contribution is 2.30. The lowest BCUT2D eigenvalue weighted by atomic mass is 9.91. The number of aromatic hydroxyl groups is 1. The van der Waals surface area contributed by atoms with Gasteiger partial charge in [0.15, 0.2) is 0 Å². The van der Waals surface area contributed by atoms with Gasteiger partial charge in [0.05, 0.1) is 0 Å². The van der Waals surface area contributed by atoms with Crippen LogP contribution in [0.15, 0.2) is 60.2 Å². The van der Waals surface area contributed by atoms with Crippen LogP contribution in [-0.4, -0.2) is 30.6 Å². The van der Waals surface area contributed by atoms with E-state index in [2.05, 4.69) is 56.3 Å². The molecule has 0 spiro atoms. The maximum atomic E-state index is 9.81. The van der Waals surface area contributed by atoms with Gasteiger partial charge >= 0.3 is 0 Å². The lowest BCUT2D eigenvalue weighted by Gasteiger charge is -2.19. The second-order valence-electron chi connectivity index (χ2n) is 5.49. The molecule has 3 heteroatoms. The number of likely N-dealkylation sites (N-methyl/N-ethyl adjacent to an activating group) is 1. The quantitative estimate of drug-likeness (QED) is 0.872. The number of hydrogen-bond donors (Lipinski definition) is 1. The summed E-state index contributed by atoms with van der Waals surface area (Å²) in [4.78, 5) is 2.19. The molecule has 0 fully saturated rings. The average molecular weight is 318 g/mol. The van der Waals surface area contributed by atoms with Crippen molar-refractivity contribution in [2.45, 2.75) is 13.3 Å². The minimum absolute atomic E-state index is 0. The molecule has 1 N–H and O–H groups in total. The predicted octanol–water partition coefficient (Wildman–Crippen LogP) is 4.59. The number of rotatable bonds is 5. The monoisotopic (exact) mass is 317 g/mol. The van der Waals surface area contributed by atoms with Gasteiger partial charge in [-0.3, -0.25) is 0 Å². The third-order valence-electron chi connectivity index (χ3n) is 3.48. The Morgan fingerprint density at radius 1 is 0.955 bits per heavy atom. The summed E-state index contributed by atoms with van der Waals surface area (Å²) in [6, 6.07) is 17.9. The van der Waals surface area contributed by atoms with Crippen molar-refractivity contribution in [3.05, 3.63) is 71.3 Å². The van der Waals surface area contributed by atoms with Crippen LogP contribution in [0.2, 0.25) is 0 Å². The van der Waals surface area contributed by atoms with Crippen molar-refractivity contribution in [1.29, 1.82) is 0 Å². The molecule has 0 bridgehead atoms. The van der Waals surface area contributed by atoms with E-state index in [9.17, 15) is 5.11 Å². The van der Waals surface area contributed by atoms with Gasteiger partial charge in [0.25, 0.3) is 0 Å². The van der Waals surface area contributed by atoms with Crippen molar-refractivity contribution in [2.75, 3.05) is 20.6 Å². The van der Waals surface area contributed by atoms with Crippen LogP contribution in [0.3, 0.4) is 0 Å². The zero-order valence-electron chi connectivity index (χ0n) is 13.4. The second-order valence-corrected chi connectivity index (χ2v) is 5.49. The maximum absolute atomic E-state index is 9.81. The molecular formula is C19H24ClNO. The van der Waals surface area contributed by atoms with Crippen LogP contribution >= 0.6 is 12.4 Å². The summed E-state index contributed by atoms with van der Waals surface area (Å²) in [5.74, 6) is 0.307. The predicted molar refractivity (Wildman–Crippen MR) is 96.7 cm³/mol. The summed E-state index contributed by atoms with van der Waals surface area (Å²) in [7, 11) is 4.17. The molecule has 0 atom stereocenters. The van der Waals surface area contributed by atoms with Gasteiger partial charge in [0, 0.05) is 6.54 Å². The van der Waals surface area contributed by atoms with Crippen LogP contribution in [0.1, 0.15) is 24.5 Å². The Hall–Kier alpha value is -1.77. The summed E-state index contributed by atoms with van der Waals surface area (Å²) in [6.07, 6.45) is 0.984. The first kappa shape index (κ1) is 18.3. The van der Waals surface area contributed by atoms with E-state index in [-0.39, 0.29) is 12.4 Å². The fraction of sp³-hybridized carbons (Fsp3) is 0.263. The Kier molecular flexibility index (Phi) is 7.16. The number of hydrogen-bond acceptors (Lipinski definition) is 2. The van der Waals surface area contributed by atoms with Crippen LogP contribution in [0.25, 0.3) is 5.57 Å². The SMILES string of the molecule is CC/C(CN(C)C)=C(\c1ccccc1)c1cccc(O)c1.Cl. The average Bonchev–Trinajstić information content (AvgIpc) is 2.47. The molecule has 0 amide bonds. The van der Waals surface area contributed by atoms with Crippen molar-refractivity contribution >= 4 is 18.0 Å². The van der Waals surface area contributed by atoms with Crippen LogP contribution in [0.5, 0.6) is 5.75 Å². The van der Waals surface area contributed by atoms with E-state index in [0.29, 0.717) is 5.75 Å². The van der Waals surface area contributed by atoms with Gasteiger partial charge in [-0.1, -0.05) is 49.4 Å². The smallest absolute Gasteiger partial charge is 0.116 e. The largest absolute Gasteiger partial charge is 0.508 e. The van der Waals surface area contributed by atoms with Crippen LogP contribution < -0.4 is 0 Å². The highest BCUT2D eigenvalue weighted by Gasteiger charge is 2.12. The molecular weight excluding hydrogens is 294 g/mol. The zero-order chi connectivity index (χ0) is 15.2. The van der Waals surface area contributed by atoms with Gasteiger partial charge in [0.1, 0.15) is 5.75 Å². The molecule has 2 aromatic carbocycles. The topological polar surface area (TPSA) is 23.5 Å². The molecule has 0 aliphatic heterocycles. The molecule has 22 heavy (non-hydrogen) atoms. The molecule has 0 aromatic heterocycles. The zero-order valence-corrected chi connectivity index (χ0v) is 14.2. The summed E-state index contributed by atoms with van der Waals surface area (Å²) < 4.78 is 0. The lowest BCUT2D eigenvalue weighted by Crippen LogP contribution is -2.16. The van der Waals surface area contributed by atoms with Crippen molar-refractivity contribution in [3.63, 3.8) is 0 Å². The Morgan fingerprint density at radius 3 is 2.14 bits per heavy atom. The molecule has 2 aromatic rings. The van der Waals surface area contributed by atoms with Crippen molar-refractivity contribution in [1.82, 2.24) is 4.90 Å². The molecule has 118 valence electrons. The maximum Gasteiger partial charge on any atom is 0.116 e. The lowest BCUT2D eigenvalue weighted by molar-refractivity contribution is 0.441. The highest BCUT2D eigenvalue weighted by atomic mass is 35.5. The Labute approximate surface area is 139 Å². The van der Waals surface area contributed by atoms with Crippen LogP contribution in [0.4, 0.5) is 0 Å². The summed E-state index contributed by atoms with van der Waals surface area (Å²) in [5, 5.41) is 9.81. The van der Waals surface area contributed by atoms with Gasteiger partial charge in [-0.05, 0) is 54.9 Å². The van der Waals surface area contributed by atoms with E-state index >= 15 is 0 Å². The number of halogens is 1.